The van der Waals surface area contributed by atoms with Crippen LogP contribution in [0.2, 0.25) is 0 Å². The normalized spacial score (nSPS) is 22.1. The van der Waals surface area contributed by atoms with Crippen molar-refractivity contribution in [3.8, 4) is 0 Å². The summed E-state index contributed by atoms with van der Waals surface area (Å²) in [4.78, 5) is 28.7. The minimum absolute atomic E-state index is 0.125. The van der Waals surface area contributed by atoms with Gasteiger partial charge in [-0.1, -0.05) is 55.8 Å². The standard InChI is InChI=1S/C32H42N4O4S/c1-22(2)21-35-16-13-24(14-17-35)25-9-12-28-26(19-25)5-4-6-29(28)34-31(37)20-30-32(38)33-15-18-36(30)41(39,40)27-10-7-23(3)8-11-27/h7-13,19,22,29-30H,4-6,14-18,20-21H2,1-3H3,(H,33,38)(H,34,37). The lowest BCUT2D eigenvalue weighted by Crippen LogP contribution is -2.58. The number of carbonyl (C=O) groups excluding carboxylic acids is 2. The number of hydrogen-bond acceptors (Lipinski definition) is 5. The molecule has 220 valence electrons. The van der Waals surface area contributed by atoms with Crippen molar-refractivity contribution in [2.24, 2.45) is 5.92 Å². The second-order valence-electron chi connectivity index (χ2n) is 12.0. The van der Waals surface area contributed by atoms with Crippen LogP contribution in [-0.2, 0) is 26.0 Å². The van der Waals surface area contributed by atoms with E-state index >= 15 is 0 Å². The van der Waals surface area contributed by atoms with Gasteiger partial charge in [-0.3, -0.25) is 14.5 Å². The third kappa shape index (κ3) is 6.74. The van der Waals surface area contributed by atoms with Crippen LogP contribution in [0.5, 0.6) is 0 Å². The van der Waals surface area contributed by atoms with E-state index in [0.717, 1.165) is 56.4 Å². The maximum Gasteiger partial charge on any atom is 0.243 e. The minimum Gasteiger partial charge on any atom is -0.353 e. The number of amides is 2. The SMILES string of the molecule is Cc1ccc(S(=O)(=O)N2CCNC(=O)C2CC(=O)NC2CCCc3cc(C4=CCN(CC(C)C)CC4)ccc32)cc1. The maximum atomic E-state index is 13.4. The average Bonchev–Trinajstić information content (AvgIpc) is 2.94. The van der Waals surface area contributed by atoms with Gasteiger partial charge in [0, 0.05) is 32.7 Å². The number of nitrogens with one attached hydrogen (secondary N) is 2. The lowest BCUT2D eigenvalue weighted by atomic mass is 9.85. The third-order valence-corrected chi connectivity index (χ3v) is 10.3. The summed E-state index contributed by atoms with van der Waals surface area (Å²) in [7, 11) is -3.93. The van der Waals surface area contributed by atoms with Crippen molar-refractivity contribution in [1.82, 2.24) is 19.8 Å². The van der Waals surface area contributed by atoms with Gasteiger partial charge in [0.2, 0.25) is 21.8 Å². The van der Waals surface area contributed by atoms with Gasteiger partial charge < -0.3 is 10.6 Å². The van der Waals surface area contributed by atoms with Crippen molar-refractivity contribution in [2.45, 2.75) is 69.9 Å². The van der Waals surface area contributed by atoms with Gasteiger partial charge in [-0.15, -0.1) is 0 Å². The molecule has 1 saturated heterocycles. The van der Waals surface area contributed by atoms with E-state index in [-0.39, 0.29) is 36.4 Å². The third-order valence-electron chi connectivity index (χ3n) is 8.37. The van der Waals surface area contributed by atoms with Crippen LogP contribution in [0.3, 0.4) is 0 Å². The first-order chi connectivity index (χ1) is 19.6. The second-order valence-corrected chi connectivity index (χ2v) is 13.9. The van der Waals surface area contributed by atoms with Gasteiger partial charge in [0.05, 0.1) is 17.4 Å². The molecule has 3 aliphatic rings. The zero-order valence-corrected chi connectivity index (χ0v) is 25.2. The highest BCUT2D eigenvalue weighted by Crippen LogP contribution is 2.33. The fourth-order valence-corrected chi connectivity index (χ4v) is 7.86. The van der Waals surface area contributed by atoms with E-state index in [0.29, 0.717) is 5.92 Å². The largest absolute Gasteiger partial charge is 0.353 e. The molecule has 0 spiro atoms. The van der Waals surface area contributed by atoms with Crippen molar-refractivity contribution in [1.29, 1.82) is 0 Å². The molecular formula is C32H42N4O4S. The summed E-state index contributed by atoms with van der Waals surface area (Å²) in [5, 5.41) is 5.86. The summed E-state index contributed by atoms with van der Waals surface area (Å²) >= 11 is 0. The van der Waals surface area contributed by atoms with Crippen LogP contribution in [-0.4, -0.2) is 68.2 Å². The predicted octanol–water partition coefficient (Wildman–Crippen LogP) is 3.81. The summed E-state index contributed by atoms with van der Waals surface area (Å²) in [5.41, 5.74) is 5.96. The number of fused-ring (bicyclic) bond motifs is 1. The summed E-state index contributed by atoms with van der Waals surface area (Å²) in [5.74, 6) is -0.101. The molecule has 2 atom stereocenters. The first-order valence-corrected chi connectivity index (χ1v) is 16.3. The Labute approximate surface area is 244 Å². The van der Waals surface area contributed by atoms with Crippen LogP contribution in [0, 0.1) is 12.8 Å². The molecule has 2 amide bonds. The molecule has 0 radical (unpaired) electrons. The van der Waals surface area contributed by atoms with E-state index in [1.165, 1.54) is 21.0 Å². The van der Waals surface area contributed by atoms with Gasteiger partial charge in [0.1, 0.15) is 6.04 Å². The fourth-order valence-electron chi connectivity index (χ4n) is 6.27. The van der Waals surface area contributed by atoms with Gasteiger partial charge in [0.15, 0.2) is 0 Å². The first kappa shape index (κ1) is 29.5. The number of benzene rings is 2. The minimum atomic E-state index is -3.93. The van der Waals surface area contributed by atoms with Crippen molar-refractivity contribution in [2.75, 3.05) is 32.7 Å². The molecule has 2 heterocycles. The monoisotopic (exact) mass is 578 g/mol. The van der Waals surface area contributed by atoms with Gasteiger partial charge in [-0.25, -0.2) is 8.42 Å². The number of piperazine rings is 1. The number of aryl methyl sites for hydroxylation is 2. The van der Waals surface area contributed by atoms with Gasteiger partial charge >= 0.3 is 0 Å². The highest BCUT2D eigenvalue weighted by molar-refractivity contribution is 7.89. The zero-order valence-electron chi connectivity index (χ0n) is 24.4. The number of carbonyl (C=O) groups is 2. The first-order valence-electron chi connectivity index (χ1n) is 14.8. The van der Waals surface area contributed by atoms with E-state index in [9.17, 15) is 18.0 Å². The highest BCUT2D eigenvalue weighted by atomic mass is 32.2. The van der Waals surface area contributed by atoms with Gasteiger partial charge in [-0.05, 0) is 72.9 Å². The molecule has 41 heavy (non-hydrogen) atoms. The Hall–Kier alpha value is -3.01. The zero-order chi connectivity index (χ0) is 29.1. The molecule has 2 N–H and O–H groups in total. The highest BCUT2D eigenvalue weighted by Gasteiger charge is 2.40. The molecule has 1 fully saturated rings. The number of rotatable bonds is 8. The molecule has 5 rings (SSSR count). The van der Waals surface area contributed by atoms with Crippen LogP contribution in [0.25, 0.3) is 5.57 Å². The number of sulfonamides is 1. The Morgan fingerprint density at radius 3 is 2.59 bits per heavy atom. The van der Waals surface area contributed by atoms with E-state index in [1.54, 1.807) is 24.3 Å². The van der Waals surface area contributed by atoms with E-state index in [2.05, 4.69) is 53.7 Å². The molecule has 9 heteroatoms. The molecule has 2 aromatic carbocycles. The molecule has 2 unspecified atom stereocenters. The van der Waals surface area contributed by atoms with E-state index in [4.69, 9.17) is 0 Å². The molecule has 0 saturated carbocycles. The Morgan fingerprint density at radius 1 is 1.10 bits per heavy atom. The molecule has 8 nitrogen and oxygen atoms in total. The number of hydrogen-bond donors (Lipinski definition) is 2. The lowest BCUT2D eigenvalue weighted by molar-refractivity contribution is -0.132. The van der Waals surface area contributed by atoms with Crippen LogP contribution in [0.15, 0.2) is 53.4 Å². The Morgan fingerprint density at radius 2 is 1.88 bits per heavy atom. The predicted molar refractivity (Wildman–Crippen MR) is 161 cm³/mol. The topological polar surface area (TPSA) is 98.8 Å². The molecule has 1 aliphatic carbocycles. The van der Waals surface area contributed by atoms with E-state index in [1.807, 2.05) is 6.92 Å². The van der Waals surface area contributed by atoms with Crippen molar-refractivity contribution >= 4 is 27.4 Å². The Bertz CT molecular complexity index is 1420. The number of nitrogens with zero attached hydrogens (tertiary/aromatic N) is 2. The molecule has 2 aromatic rings. The van der Waals surface area contributed by atoms with Crippen LogP contribution in [0.4, 0.5) is 0 Å². The summed E-state index contributed by atoms with van der Waals surface area (Å²) in [6, 6.07) is 11.9. The molecule has 0 bridgehead atoms. The smallest absolute Gasteiger partial charge is 0.243 e. The van der Waals surface area contributed by atoms with Gasteiger partial charge in [-0.2, -0.15) is 4.31 Å². The molecule has 0 aromatic heterocycles. The van der Waals surface area contributed by atoms with Crippen LogP contribution >= 0.6 is 0 Å². The summed E-state index contributed by atoms with van der Waals surface area (Å²) in [6.07, 6.45) is 5.91. The summed E-state index contributed by atoms with van der Waals surface area (Å²) < 4.78 is 28.0. The van der Waals surface area contributed by atoms with Crippen molar-refractivity contribution < 1.29 is 18.0 Å². The van der Waals surface area contributed by atoms with Crippen LogP contribution in [0.1, 0.15) is 67.8 Å². The fraction of sp³-hybridized carbons (Fsp3) is 0.500. The van der Waals surface area contributed by atoms with Crippen molar-refractivity contribution in [3.05, 3.63) is 70.8 Å². The van der Waals surface area contributed by atoms with Crippen LogP contribution < -0.4 is 10.6 Å². The Balaban J connectivity index is 1.27. The molecule has 2 aliphatic heterocycles. The molecular weight excluding hydrogens is 536 g/mol. The summed E-state index contributed by atoms with van der Waals surface area (Å²) in [6.45, 7) is 9.91. The quantitative estimate of drug-likeness (QED) is 0.497. The van der Waals surface area contributed by atoms with E-state index < -0.39 is 22.0 Å². The average molecular weight is 579 g/mol. The Kier molecular flexibility index (Phi) is 8.97. The second kappa shape index (κ2) is 12.5. The van der Waals surface area contributed by atoms with Crippen molar-refractivity contribution in [3.63, 3.8) is 0 Å². The lowest BCUT2D eigenvalue weighted by Gasteiger charge is -2.34. The van der Waals surface area contributed by atoms with Gasteiger partial charge in [0.25, 0.3) is 0 Å². The maximum absolute atomic E-state index is 13.4.